The zero-order valence-corrected chi connectivity index (χ0v) is 37.9. The second kappa shape index (κ2) is 17.1. The van der Waals surface area contributed by atoms with Gasteiger partial charge in [-0.1, -0.05) is 34.6 Å². The number of aliphatic imine (C=N–C) groups is 3. The standard InChI is InChI=1S/C45H66N10O8/c1-21-36-24(10-13-30(47)57)41(3,4)28(53-36)18-27-23(9-12-29(46)56)43(6,19-33(50)60)39(52-27)22(2)37-25(11-14-31(48)58)44(7,20-34(51)61)45(8,55-37)40-26(17-32(49)59)42(5,38(21)54-40)16-15-35(62)63/h18,23-26,40,52H,9-17,19-20H2,1-8H3,(H2,46,56)(H2,47,57)(H2,48,58)(H2,49,59)(H2,50,60)(H2,51,61)(H,62,63)/b27-18?,36-21?,39-22-/t23-,24-,25-,26+,40?,42-,43+,44+,45+/m1/s1. The first-order valence-corrected chi connectivity index (χ1v) is 21.6. The third kappa shape index (κ3) is 8.56. The average molecular weight is 875 g/mol. The summed E-state index contributed by atoms with van der Waals surface area (Å²) in [7, 11) is 0. The molecule has 63 heavy (non-hydrogen) atoms. The Morgan fingerprint density at radius 3 is 1.73 bits per heavy atom. The van der Waals surface area contributed by atoms with Crippen LogP contribution >= 0.6 is 0 Å². The van der Waals surface area contributed by atoms with Crippen molar-refractivity contribution < 1.29 is 38.7 Å². The van der Waals surface area contributed by atoms with Crippen molar-refractivity contribution in [2.45, 2.75) is 138 Å². The highest BCUT2D eigenvalue weighted by Crippen LogP contribution is 2.62. The number of hydrogen-bond donors (Lipinski definition) is 8. The summed E-state index contributed by atoms with van der Waals surface area (Å²) >= 11 is 0. The number of fused-ring (bicyclic) bond motifs is 6. The molecule has 1 saturated heterocycles. The van der Waals surface area contributed by atoms with Gasteiger partial charge in [0.15, 0.2) is 0 Å². The fourth-order valence-electron chi connectivity index (χ4n) is 11.9. The largest absolute Gasteiger partial charge is 0.481 e. The Balaban J connectivity index is 2.03. The van der Waals surface area contributed by atoms with Crippen molar-refractivity contribution in [2.24, 2.45) is 94.7 Å². The van der Waals surface area contributed by atoms with Gasteiger partial charge in [0.25, 0.3) is 0 Å². The number of carbonyl (C=O) groups excluding carboxylic acids is 6. The van der Waals surface area contributed by atoms with Crippen LogP contribution in [0.15, 0.2) is 49.3 Å². The Bertz CT molecular complexity index is 2220. The molecule has 5 rings (SSSR count). The van der Waals surface area contributed by atoms with Gasteiger partial charge in [-0.3, -0.25) is 48.5 Å². The lowest BCUT2D eigenvalue weighted by Crippen LogP contribution is -2.56. The van der Waals surface area contributed by atoms with Crippen LogP contribution in [0.2, 0.25) is 0 Å². The summed E-state index contributed by atoms with van der Waals surface area (Å²) in [4.78, 5) is 106. The van der Waals surface area contributed by atoms with Crippen LogP contribution in [0.1, 0.15) is 126 Å². The molecule has 5 heterocycles. The number of hydrogen-bond acceptors (Lipinski definition) is 11. The maximum atomic E-state index is 13.4. The summed E-state index contributed by atoms with van der Waals surface area (Å²) in [5.74, 6) is -7.06. The summed E-state index contributed by atoms with van der Waals surface area (Å²) in [5, 5.41) is 13.8. The highest BCUT2D eigenvalue weighted by Gasteiger charge is 2.66. The molecule has 5 aliphatic rings. The number of rotatable bonds is 18. The first-order valence-electron chi connectivity index (χ1n) is 21.6. The molecule has 344 valence electrons. The van der Waals surface area contributed by atoms with Crippen molar-refractivity contribution in [3.63, 3.8) is 0 Å². The molecule has 18 heteroatoms. The predicted octanol–water partition coefficient (Wildman–Crippen LogP) is 2.32. The second-order valence-electron chi connectivity index (χ2n) is 19.9. The van der Waals surface area contributed by atoms with Crippen LogP contribution in [0.25, 0.3) is 0 Å². The number of amides is 6. The molecule has 0 radical (unpaired) electrons. The van der Waals surface area contributed by atoms with Crippen LogP contribution in [0, 0.1) is 45.3 Å². The van der Waals surface area contributed by atoms with Crippen molar-refractivity contribution in [3.05, 3.63) is 34.3 Å². The molecular weight excluding hydrogens is 809 g/mol. The zero-order valence-electron chi connectivity index (χ0n) is 37.9. The van der Waals surface area contributed by atoms with E-state index in [4.69, 9.17) is 49.4 Å². The number of primary amides is 6. The van der Waals surface area contributed by atoms with E-state index in [1.54, 1.807) is 0 Å². The first-order chi connectivity index (χ1) is 29.0. The van der Waals surface area contributed by atoms with E-state index in [0.29, 0.717) is 51.8 Å². The zero-order chi connectivity index (χ0) is 47.4. The van der Waals surface area contributed by atoms with Crippen LogP contribution in [0.5, 0.6) is 0 Å². The molecule has 0 saturated carbocycles. The molecule has 0 aromatic heterocycles. The summed E-state index contributed by atoms with van der Waals surface area (Å²) in [6.07, 6.45) is 1.58. The first kappa shape index (κ1) is 48.4. The SMILES string of the molecule is CC1=C2N=C(C=C3N/C(=C(/C)C4=N[C@@](C)(C5N=C1[C@](C)(CCC(=O)O)[C@H]5CC(N)=O)[C@@](C)(CC(N)=O)[C@@H]4CCC(N)=O)[C@@](C)(CC(N)=O)[C@@H]3CCC(N)=O)C(C)(C)[C@@H]2CCC(N)=O. The Labute approximate surface area is 368 Å². The summed E-state index contributed by atoms with van der Waals surface area (Å²) in [6.45, 7) is 15.1. The average Bonchev–Trinajstić information content (AvgIpc) is 3.75. The predicted molar refractivity (Wildman–Crippen MR) is 237 cm³/mol. The van der Waals surface area contributed by atoms with Crippen LogP contribution in [-0.4, -0.2) is 75.2 Å². The van der Waals surface area contributed by atoms with Crippen LogP contribution in [0.4, 0.5) is 0 Å². The van der Waals surface area contributed by atoms with Crippen molar-refractivity contribution in [1.29, 1.82) is 0 Å². The number of nitrogens with one attached hydrogen (secondary N) is 1. The van der Waals surface area contributed by atoms with E-state index in [9.17, 15) is 38.7 Å². The van der Waals surface area contributed by atoms with Gasteiger partial charge in [-0.05, 0) is 63.7 Å². The van der Waals surface area contributed by atoms with Gasteiger partial charge in [0.2, 0.25) is 35.4 Å². The smallest absolute Gasteiger partial charge is 0.303 e. The van der Waals surface area contributed by atoms with Crippen molar-refractivity contribution in [1.82, 2.24) is 5.32 Å². The number of allylic oxidation sites excluding steroid dienone is 6. The summed E-state index contributed by atoms with van der Waals surface area (Å²) < 4.78 is 0. The Kier molecular flexibility index (Phi) is 13.1. The number of carbonyl (C=O) groups is 7. The van der Waals surface area contributed by atoms with Crippen LogP contribution < -0.4 is 39.7 Å². The van der Waals surface area contributed by atoms with Crippen molar-refractivity contribution in [2.75, 3.05) is 0 Å². The Morgan fingerprint density at radius 2 is 1.22 bits per heavy atom. The number of nitrogens with two attached hydrogens (primary N) is 6. The van der Waals surface area contributed by atoms with Crippen LogP contribution in [-0.2, 0) is 33.6 Å². The Hall–Kier alpha value is -5.68. The minimum Gasteiger partial charge on any atom is -0.481 e. The van der Waals surface area contributed by atoms with Gasteiger partial charge in [0.05, 0.1) is 11.6 Å². The maximum Gasteiger partial charge on any atom is 0.303 e. The second-order valence-corrected chi connectivity index (χ2v) is 19.9. The highest BCUT2D eigenvalue weighted by molar-refractivity contribution is 6.10. The van der Waals surface area contributed by atoms with Gasteiger partial charge in [0.1, 0.15) is 0 Å². The van der Waals surface area contributed by atoms with E-state index < -0.39 is 98.3 Å². The molecule has 14 N–H and O–H groups in total. The Morgan fingerprint density at radius 1 is 0.683 bits per heavy atom. The van der Waals surface area contributed by atoms with Gasteiger partial charge < -0.3 is 44.8 Å². The molecule has 1 unspecified atom stereocenters. The van der Waals surface area contributed by atoms with E-state index in [0.717, 1.165) is 0 Å². The lowest BCUT2D eigenvalue weighted by molar-refractivity contribution is -0.137. The van der Waals surface area contributed by atoms with E-state index in [1.165, 1.54) is 0 Å². The number of carboxylic acid groups (broad SMARTS) is 1. The summed E-state index contributed by atoms with van der Waals surface area (Å²) in [5.41, 5.74) is 34.4. The summed E-state index contributed by atoms with van der Waals surface area (Å²) in [6, 6.07) is -0.928. The van der Waals surface area contributed by atoms with Crippen molar-refractivity contribution in [3.8, 4) is 0 Å². The van der Waals surface area contributed by atoms with Crippen LogP contribution in [0.3, 0.4) is 0 Å². The minimum absolute atomic E-state index is 0.0237. The fraction of sp³-hybridized carbons (Fsp3) is 0.644. The molecule has 0 aromatic carbocycles. The molecule has 9 atom stereocenters. The molecule has 5 aliphatic heterocycles. The quantitative estimate of drug-likeness (QED) is 0.100. The van der Waals surface area contributed by atoms with Gasteiger partial charge >= 0.3 is 5.97 Å². The van der Waals surface area contributed by atoms with Gasteiger partial charge in [-0.2, -0.15) is 0 Å². The fourth-order valence-corrected chi connectivity index (χ4v) is 11.9. The van der Waals surface area contributed by atoms with E-state index in [2.05, 4.69) is 5.32 Å². The van der Waals surface area contributed by atoms with Gasteiger partial charge in [-0.25, -0.2) is 0 Å². The monoisotopic (exact) mass is 875 g/mol. The third-order valence-corrected chi connectivity index (χ3v) is 15.5. The van der Waals surface area contributed by atoms with E-state index in [1.807, 2.05) is 61.5 Å². The molecule has 1 fully saturated rings. The molecule has 6 amide bonds. The lowest BCUT2D eigenvalue weighted by Gasteiger charge is -2.48. The molecule has 0 aliphatic carbocycles. The third-order valence-electron chi connectivity index (χ3n) is 15.5. The molecular formula is C45H66N10O8. The molecule has 18 nitrogen and oxygen atoms in total. The normalized spacial score (nSPS) is 34.2. The van der Waals surface area contributed by atoms with Crippen molar-refractivity contribution >= 4 is 58.5 Å². The highest BCUT2D eigenvalue weighted by atomic mass is 16.4. The minimum atomic E-state index is -1.39. The number of nitrogens with zero attached hydrogens (tertiary/aromatic N) is 3. The number of carboxylic acids is 1. The molecule has 0 aromatic rings. The maximum absolute atomic E-state index is 13.4. The van der Waals surface area contributed by atoms with E-state index in [-0.39, 0.29) is 64.2 Å². The number of aliphatic carboxylic acids is 1. The van der Waals surface area contributed by atoms with Gasteiger partial charge in [-0.15, -0.1) is 0 Å². The van der Waals surface area contributed by atoms with E-state index >= 15 is 0 Å². The molecule has 0 spiro atoms. The van der Waals surface area contributed by atoms with Gasteiger partial charge in [0, 0.05) is 125 Å². The topological polar surface area (TPSA) is 345 Å². The molecule has 8 bridgehead atoms. The lowest BCUT2D eigenvalue weighted by atomic mass is 9.55.